The third kappa shape index (κ3) is 3.68. The zero-order valence-electron chi connectivity index (χ0n) is 11.4. The number of aliphatic hydroxyl groups excluding tert-OH is 1. The minimum Gasteiger partial charge on any atom is -0.395 e. The number of hydrogen-bond acceptors (Lipinski definition) is 3. The van der Waals surface area contributed by atoms with E-state index < -0.39 is 5.41 Å². The van der Waals surface area contributed by atoms with Gasteiger partial charge in [-0.3, -0.25) is 4.79 Å². The molecule has 0 saturated carbocycles. The number of carbonyl (C=O) groups excluding carboxylic acids is 1. The minimum atomic E-state index is -0.687. The van der Waals surface area contributed by atoms with E-state index in [9.17, 15) is 9.90 Å². The predicted octanol–water partition coefficient (Wildman–Crippen LogP) is 1.18. The predicted molar refractivity (Wildman–Crippen MR) is 66.6 cm³/mol. The van der Waals surface area contributed by atoms with Gasteiger partial charge in [-0.2, -0.15) is 0 Å². The van der Waals surface area contributed by atoms with Crippen molar-refractivity contribution in [2.24, 2.45) is 16.7 Å². The van der Waals surface area contributed by atoms with Gasteiger partial charge in [0.05, 0.1) is 19.8 Å². The van der Waals surface area contributed by atoms with Gasteiger partial charge >= 0.3 is 0 Å². The first-order valence-electron chi connectivity index (χ1n) is 6.28. The van der Waals surface area contributed by atoms with Crippen molar-refractivity contribution in [3.8, 4) is 0 Å². The molecule has 2 N–H and O–H groups in total. The largest absolute Gasteiger partial charge is 0.395 e. The highest BCUT2D eigenvalue weighted by molar-refractivity contribution is 5.83. The molecule has 1 fully saturated rings. The molecular weight excluding hydrogens is 218 g/mol. The number of carbonyl (C=O) groups is 1. The standard InChI is InChI=1S/C13H25NO3/c1-10(2)5-12(3,4)6-14-11(16)13(7-15)8-17-9-13/h10,15H,5-9H2,1-4H3,(H,14,16). The topological polar surface area (TPSA) is 58.6 Å². The highest BCUT2D eigenvalue weighted by Crippen LogP contribution is 2.28. The second-order valence-electron chi connectivity index (χ2n) is 6.38. The average molecular weight is 243 g/mol. The molecule has 4 nitrogen and oxygen atoms in total. The van der Waals surface area contributed by atoms with Gasteiger partial charge in [0.2, 0.25) is 5.91 Å². The lowest BCUT2D eigenvalue weighted by molar-refractivity contribution is -0.170. The van der Waals surface area contributed by atoms with E-state index >= 15 is 0 Å². The summed E-state index contributed by atoms with van der Waals surface area (Å²) in [6.07, 6.45) is 1.07. The summed E-state index contributed by atoms with van der Waals surface area (Å²) in [5, 5.41) is 12.2. The van der Waals surface area contributed by atoms with Crippen LogP contribution < -0.4 is 5.32 Å². The summed E-state index contributed by atoms with van der Waals surface area (Å²) in [7, 11) is 0. The van der Waals surface area contributed by atoms with E-state index in [0.717, 1.165) is 6.42 Å². The quantitative estimate of drug-likeness (QED) is 0.736. The zero-order valence-corrected chi connectivity index (χ0v) is 11.4. The molecule has 0 bridgehead atoms. The lowest BCUT2D eigenvalue weighted by atomic mass is 9.82. The molecule has 1 heterocycles. The molecule has 0 unspecified atom stereocenters. The van der Waals surface area contributed by atoms with Crippen LogP contribution in [0.3, 0.4) is 0 Å². The number of rotatable bonds is 6. The smallest absolute Gasteiger partial charge is 0.233 e. The highest BCUT2D eigenvalue weighted by Gasteiger charge is 2.45. The second kappa shape index (κ2) is 5.36. The monoisotopic (exact) mass is 243 g/mol. The Morgan fingerprint density at radius 3 is 2.41 bits per heavy atom. The van der Waals surface area contributed by atoms with Gasteiger partial charge in [-0.05, 0) is 17.8 Å². The Hall–Kier alpha value is -0.610. The van der Waals surface area contributed by atoms with Gasteiger partial charge in [-0.15, -0.1) is 0 Å². The number of ether oxygens (including phenoxy) is 1. The molecule has 0 aromatic heterocycles. The van der Waals surface area contributed by atoms with Gasteiger partial charge < -0.3 is 15.2 Å². The fourth-order valence-corrected chi connectivity index (χ4v) is 2.33. The SMILES string of the molecule is CC(C)CC(C)(C)CNC(=O)C1(CO)COC1. The molecule has 1 rings (SSSR count). The molecule has 0 atom stereocenters. The summed E-state index contributed by atoms with van der Waals surface area (Å²) >= 11 is 0. The minimum absolute atomic E-state index is 0.0805. The summed E-state index contributed by atoms with van der Waals surface area (Å²) in [6, 6.07) is 0. The Morgan fingerprint density at radius 2 is 2.06 bits per heavy atom. The molecule has 0 aliphatic carbocycles. The first kappa shape index (κ1) is 14.5. The van der Waals surface area contributed by atoms with Crippen molar-refractivity contribution < 1.29 is 14.6 Å². The van der Waals surface area contributed by atoms with Crippen LogP contribution in [0.5, 0.6) is 0 Å². The maximum atomic E-state index is 12.0. The van der Waals surface area contributed by atoms with Crippen molar-refractivity contribution >= 4 is 5.91 Å². The van der Waals surface area contributed by atoms with Crippen molar-refractivity contribution in [3.63, 3.8) is 0 Å². The van der Waals surface area contributed by atoms with Gasteiger partial charge in [-0.25, -0.2) is 0 Å². The van der Waals surface area contributed by atoms with E-state index in [1.807, 2.05) is 0 Å². The number of nitrogens with one attached hydrogen (secondary N) is 1. The maximum absolute atomic E-state index is 12.0. The van der Waals surface area contributed by atoms with E-state index in [0.29, 0.717) is 25.7 Å². The fourth-order valence-electron chi connectivity index (χ4n) is 2.33. The van der Waals surface area contributed by atoms with Crippen LogP contribution in [0.1, 0.15) is 34.1 Å². The third-order valence-electron chi connectivity index (χ3n) is 3.23. The lowest BCUT2D eigenvalue weighted by Crippen LogP contribution is -2.57. The van der Waals surface area contributed by atoms with Crippen LogP contribution >= 0.6 is 0 Å². The van der Waals surface area contributed by atoms with Gasteiger partial charge in [0, 0.05) is 6.54 Å². The van der Waals surface area contributed by atoms with Crippen LogP contribution in [0.15, 0.2) is 0 Å². The van der Waals surface area contributed by atoms with Crippen LogP contribution in [-0.2, 0) is 9.53 Å². The Kier molecular flexibility index (Phi) is 4.55. The summed E-state index contributed by atoms with van der Waals surface area (Å²) in [4.78, 5) is 12.0. The Balaban J connectivity index is 2.42. The zero-order chi connectivity index (χ0) is 13.1. The van der Waals surface area contributed by atoms with Gasteiger partial charge in [0.25, 0.3) is 0 Å². The van der Waals surface area contributed by atoms with Crippen LogP contribution in [0, 0.1) is 16.7 Å². The molecule has 0 radical (unpaired) electrons. The van der Waals surface area contributed by atoms with Gasteiger partial charge in [-0.1, -0.05) is 27.7 Å². The van der Waals surface area contributed by atoms with Crippen molar-refractivity contribution in [1.29, 1.82) is 0 Å². The normalized spacial score (nSPS) is 18.9. The number of amides is 1. The molecule has 4 heteroatoms. The van der Waals surface area contributed by atoms with Crippen LogP contribution in [-0.4, -0.2) is 37.4 Å². The van der Waals surface area contributed by atoms with Crippen LogP contribution in [0.2, 0.25) is 0 Å². The molecule has 1 saturated heterocycles. The molecule has 1 amide bonds. The van der Waals surface area contributed by atoms with Gasteiger partial charge in [0.1, 0.15) is 5.41 Å². The summed E-state index contributed by atoms with van der Waals surface area (Å²) < 4.78 is 5.03. The van der Waals surface area contributed by atoms with Crippen LogP contribution in [0.4, 0.5) is 0 Å². The molecular formula is C13H25NO3. The van der Waals surface area contributed by atoms with Crippen molar-refractivity contribution in [2.45, 2.75) is 34.1 Å². The number of hydrogen-bond donors (Lipinski definition) is 2. The van der Waals surface area contributed by atoms with Crippen molar-refractivity contribution in [1.82, 2.24) is 5.32 Å². The maximum Gasteiger partial charge on any atom is 0.233 e. The van der Waals surface area contributed by atoms with Crippen molar-refractivity contribution in [3.05, 3.63) is 0 Å². The fraction of sp³-hybridized carbons (Fsp3) is 0.923. The van der Waals surface area contributed by atoms with E-state index in [2.05, 4.69) is 33.0 Å². The first-order valence-corrected chi connectivity index (χ1v) is 6.28. The summed E-state index contributed by atoms with van der Waals surface area (Å²) in [5.74, 6) is 0.531. The first-order chi connectivity index (χ1) is 7.81. The van der Waals surface area contributed by atoms with Gasteiger partial charge in [0.15, 0.2) is 0 Å². The van der Waals surface area contributed by atoms with E-state index in [-0.39, 0.29) is 17.9 Å². The third-order valence-corrected chi connectivity index (χ3v) is 3.23. The molecule has 1 aliphatic heterocycles. The second-order valence-corrected chi connectivity index (χ2v) is 6.38. The van der Waals surface area contributed by atoms with Crippen LogP contribution in [0.25, 0.3) is 0 Å². The lowest BCUT2D eigenvalue weighted by Gasteiger charge is -2.39. The summed E-state index contributed by atoms with van der Waals surface area (Å²) in [5.41, 5.74) is -0.598. The highest BCUT2D eigenvalue weighted by atomic mass is 16.5. The Labute approximate surface area is 104 Å². The van der Waals surface area contributed by atoms with E-state index in [1.54, 1.807) is 0 Å². The molecule has 17 heavy (non-hydrogen) atoms. The molecule has 0 aromatic rings. The molecule has 0 aromatic carbocycles. The molecule has 100 valence electrons. The molecule has 0 spiro atoms. The van der Waals surface area contributed by atoms with Crippen molar-refractivity contribution in [2.75, 3.05) is 26.4 Å². The number of aliphatic hydroxyl groups is 1. The van der Waals surface area contributed by atoms with E-state index in [1.165, 1.54) is 0 Å². The van der Waals surface area contributed by atoms with E-state index in [4.69, 9.17) is 4.74 Å². The molecule has 1 aliphatic rings. The average Bonchev–Trinajstić information content (AvgIpc) is 2.12. The summed E-state index contributed by atoms with van der Waals surface area (Å²) in [6.45, 7) is 9.83. The Morgan fingerprint density at radius 1 is 1.47 bits per heavy atom. The Bertz CT molecular complexity index is 264.